The summed E-state index contributed by atoms with van der Waals surface area (Å²) in [4.78, 5) is 28.9. The molecule has 3 rings (SSSR count). The molecule has 5 heteroatoms. The molecule has 0 saturated heterocycles. The van der Waals surface area contributed by atoms with Crippen LogP contribution in [0.25, 0.3) is 0 Å². The molecule has 3 aromatic rings. The van der Waals surface area contributed by atoms with Gasteiger partial charge >= 0.3 is 0 Å². The van der Waals surface area contributed by atoms with E-state index in [1.165, 1.54) is 0 Å². The molecule has 0 bridgehead atoms. The van der Waals surface area contributed by atoms with Crippen LogP contribution in [-0.4, -0.2) is 28.8 Å². The van der Waals surface area contributed by atoms with E-state index in [0.29, 0.717) is 11.4 Å². The molecule has 0 fully saturated rings. The Labute approximate surface area is 207 Å². The van der Waals surface area contributed by atoms with E-state index in [-0.39, 0.29) is 30.8 Å². The van der Waals surface area contributed by atoms with Crippen molar-refractivity contribution < 1.29 is 9.59 Å². The van der Waals surface area contributed by atoms with Gasteiger partial charge in [0, 0.05) is 24.0 Å². The Balaban J connectivity index is 2.01. The van der Waals surface area contributed by atoms with E-state index in [4.69, 9.17) is 11.6 Å². The van der Waals surface area contributed by atoms with Crippen molar-refractivity contribution in [2.24, 2.45) is 0 Å². The van der Waals surface area contributed by atoms with Crippen LogP contribution in [0, 0.1) is 13.8 Å². The number of nitrogens with one attached hydrogen (secondary N) is 1. The van der Waals surface area contributed by atoms with Crippen LogP contribution in [0.2, 0.25) is 5.02 Å². The first-order valence-electron chi connectivity index (χ1n) is 11.7. The van der Waals surface area contributed by atoms with Crippen molar-refractivity contribution in [1.29, 1.82) is 0 Å². The molecule has 1 atom stereocenters. The van der Waals surface area contributed by atoms with E-state index in [1.54, 1.807) is 4.90 Å². The summed E-state index contributed by atoms with van der Waals surface area (Å²) >= 11 is 6.47. The van der Waals surface area contributed by atoms with Gasteiger partial charge in [0.25, 0.3) is 0 Å². The van der Waals surface area contributed by atoms with Crippen LogP contribution in [0.1, 0.15) is 41.7 Å². The van der Waals surface area contributed by atoms with Crippen molar-refractivity contribution in [2.75, 3.05) is 0 Å². The van der Waals surface area contributed by atoms with E-state index in [9.17, 15) is 9.59 Å². The van der Waals surface area contributed by atoms with Crippen LogP contribution in [0.4, 0.5) is 0 Å². The van der Waals surface area contributed by atoms with Crippen LogP contribution in [0.5, 0.6) is 0 Å². The summed E-state index contributed by atoms with van der Waals surface area (Å²) in [6.45, 7) is 8.13. The second-order valence-corrected chi connectivity index (χ2v) is 9.50. The zero-order valence-electron chi connectivity index (χ0n) is 20.3. The van der Waals surface area contributed by atoms with Crippen LogP contribution < -0.4 is 5.32 Å². The number of hydrogen-bond donors (Lipinski definition) is 1. The van der Waals surface area contributed by atoms with Crippen LogP contribution in [0.3, 0.4) is 0 Å². The average Bonchev–Trinajstić information content (AvgIpc) is 2.80. The standard InChI is InChI=1S/C29H33ClN2O2/c1-20(2)31-29(34)27(17-23-10-6-5-7-11-23)32(19-24-12-8-9-13-26(24)30)28(33)18-25-16-21(3)14-15-22(25)4/h5-16,20,27H,17-19H2,1-4H3,(H,31,34)/t27-/m0/s1. The molecule has 178 valence electrons. The fraction of sp³-hybridized carbons (Fsp3) is 0.310. The van der Waals surface area contributed by atoms with Gasteiger partial charge in [0.2, 0.25) is 11.8 Å². The second kappa shape index (κ2) is 11.8. The third-order valence-electron chi connectivity index (χ3n) is 5.85. The second-order valence-electron chi connectivity index (χ2n) is 9.09. The molecule has 4 nitrogen and oxygen atoms in total. The maximum absolute atomic E-state index is 13.8. The Bertz CT molecular complexity index is 1130. The predicted octanol–water partition coefficient (Wildman–Crippen LogP) is 5.66. The van der Waals surface area contributed by atoms with E-state index in [1.807, 2.05) is 100 Å². The number of halogens is 1. The van der Waals surface area contributed by atoms with Gasteiger partial charge < -0.3 is 10.2 Å². The molecular weight excluding hydrogens is 444 g/mol. The van der Waals surface area contributed by atoms with Gasteiger partial charge in [-0.2, -0.15) is 0 Å². The highest BCUT2D eigenvalue weighted by Gasteiger charge is 2.31. The van der Waals surface area contributed by atoms with Crippen LogP contribution in [-0.2, 0) is 29.0 Å². The fourth-order valence-corrected chi connectivity index (χ4v) is 4.20. The summed E-state index contributed by atoms with van der Waals surface area (Å²) in [7, 11) is 0. The van der Waals surface area contributed by atoms with Gasteiger partial charge in [0.15, 0.2) is 0 Å². The predicted molar refractivity (Wildman–Crippen MR) is 139 cm³/mol. The van der Waals surface area contributed by atoms with Gasteiger partial charge in [-0.1, -0.05) is 83.9 Å². The summed E-state index contributed by atoms with van der Waals surface area (Å²) in [5.74, 6) is -0.270. The SMILES string of the molecule is Cc1ccc(C)c(CC(=O)N(Cc2ccccc2Cl)[C@@H](Cc2ccccc2)C(=O)NC(C)C)c1. The van der Waals surface area contributed by atoms with Crippen molar-refractivity contribution in [2.45, 2.75) is 59.2 Å². The minimum absolute atomic E-state index is 0.0398. The number of benzene rings is 3. The fourth-order valence-electron chi connectivity index (χ4n) is 4.00. The highest BCUT2D eigenvalue weighted by molar-refractivity contribution is 6.31. The quantitative estimate of drug-likeness (QED) is 0.433. The minimum Gasteiger partial charge on any atom is -0.352 e. The smallest absolute Gasteiger partial charge is 0.243 e. The van der Waals surface area contributed by atoms with Crippen molar-refractivity contribution in [1.82, 2.24) is 10.2 Å². The molecule has 0 aliphatic rings. The van der Waals surface area contributed by atoms with Gasteiger partial charge in [-0.15, -0.1) is 0 Å². The molecule has 0 aliphatic heterocycles. The zero-order valence-corrected chi connectivity index (χ0v) is 21.1. The van der Waals surface area contributed by atoms with Gasteiger partial charge in [-0.3, -0.25) is 9.59 Å². The lowest BCUT2D eigenvalue weighted by molar-refractivity contribution is -0.141. The maximum Gasteiger partial charge on any atom is 0.243 e. The first-order chi connectivity index (χ1) is 16.2. The van der Waals surface area contributed by atoms with Crippen LogP contribution >= 0.6 is 11.6 Å². The minimum atomic E-state index is -0.668. The van der Waals surface area contributed by atoms with Crippen molar-refractivity contribution in [3.8, 4) is 0 Å². The molecule has 1 N–H and O–H groups in total. The third kappa shape index (κ3) is 6.94. The monoisotopic (exact) mass is 476 g/mol. The third-order valence-corrected chi connectivity index (χ3v) is 6.22. The molecule has 3 aromatic carbocycles. The first kappa shape index (κ1) is 25.5. The number of nitrogens with zero attached hydrogens (tertiary/aromatic N) is 1. The summed E-state index contributed by atoms with van der Waals surface area (Å²) in [5, 5.41) is 3.60. The largest absolute Gasteiger partial charge is 0.352 e. The zero-order chi connectivity index (χ0) is 24.7. The van der Waals surface area contributed by atoms with Crippen molar-refractivity contribution >= 4 is 23.4 Å². The Hall–Kier alpha value is -3.11. The van der Waals surface area contributed by atoms with Gasteiger partial charge in [0.05, 0.1) is 6.42 Å². The summed E-state index contributed by atoms with van der Waals surface area (Å²) < 4.78 is 0. The number of hydrogen-bond acceptors (Lipinski definition) is 2. The molecule has 0 saturated carbocycles. The van der Waals surface area contributed by atoms with Gasteiger partial charge in [0.1, 0.15) is 6.04 Å². The summed E-state index contributed by atoms with van der Waals surface area (Å²) in [6, 6.07) is 22.7. The molecule has 0 heterocycles. The highest BCUT2D eigenvalue weighted by atomic mass is 35.5. The normalized spacial score (nSPS) is 11.8. The Morgan fingerprint density at radius 2 is 1.59 bits per heavy atom. The highest BCUT2D eigenvalue weighted by Crippen LogP contribution is 2.22. The molecule has 0 unspecified atom stereocenters. The van der Waals surface area contributed by atoms with E-state index in [2.05, 4.69) is 5.32 Å². The average molecular weight is 477 g/mol. The first-order valence-corrected chi connectivity index (χ1v) is 12.1. The Kier molecular flexibility index (Phi) is 8.89. The molecular formula is C29H33ClN2O2. The summed E-state index contributed by atoms with van der Waals surface area (Å²) in [5.41, 5.74) is 4.94. The Morgan fingerprint density at radius 3 is 2.26 bits per heavy atom. The van der Waals surface area contributed by atoms with Crippen molar-refractivity contribution in [3.63, 3.8) is 0 Å². The lowest BCUT2D eigenvalue weighted by Crippen LogP contribution is -2.52. The lowest BCUT2D eigenvalue weighted by Gasteiger charge is -2.32. The number of carbonyl (C=O) groups is 2. The van der Waals surface area contributed by atoms with E-state index >= 15 is 0 Å². The molecule has 0 aliphatic carbocycles. The molecule has 2 amide bonds. The topological polar surface area (TPSA) is 49.4 Å². The molecule has 0 spiro atoms. The Morgan fingerprint density at radius 1 is 0.912 bits per heavy atom. The van der Waals surface area contributed by atoms with E-state index < -0.39 is 6.04 Å². The molecule has 0 aromatic heterocycles. The van der Waals surface area contributed by atoms with Gasteiger partial charge in [-0.25, -0.2) is 0 Å². The number of rotatable bonds is 9. The van der Waals surface area contributed by atoms with Gasteiger partial charge in [-0.05, 0) is 56.0 Å². The number of carbonyl (C=O) groups excluding carboxylic acids is 2. The number of amides is 2. The number of aryl methyl sites for hydroxylation is 2. The molecule has 0 radical (unpaired) electrons. The van der Waals surface area contributed by atoms with E-state index in [0.717, 1.165) is 27.8 Å². The lowest BCUT2D eigenvalue weighted by atomic mass is 9.99. The van der Waals surface area contributed by atoms with Crippen LogP contribution in [0.15, 0.2) is 72.8 Å². The van der Waals surface area contributed by atoms with Crippen molar-refractivity contribution in [3.05, 3.63) is 106 Å². The summed E-state index contributed by atoms with van der Waals surface area (Å²) in [6.07, 6.45) is 0.639. The molecule has 34 heavy (non-hydrogen) atoms. The maximum atomic E-state index is 13.8.